The van der Waals surface area contributed by atoms with Crippen LogP contribution >= 0.6 is 0 Å². The maximum atomic E-state index is 11.9. The van der Waals surface area contributed by atoms with Crippen molar-refractivity contribution in [2.75, 3.05) is 31.1 Å². The molecule has 0 aliphatic carbocycles. The highest BCUT2D eigenvalue weighted by molar-refractivity contribution is 5.73. The van der Waals surface area contributed by atoms with Crippen LogP contribution in [-0.4, -0.2) is 42.4 Å². The molecule has 1 aromatic rings. The zero-order valence-corrected chi connectivity index (χ0v) is 15.7. The second-order valence-electron chi connectivity index (χ2n) is 7.87. The predicted octanol–water partition coefficient (Wildman–Crippen LogP) is 2.53. The van der Waals surface area contributed by atoms with E-state index in [9.17, 15) is 4.79 Å². The van der Waals surface area contributed by atoms with Crippen LogP contribution in [0.2, 0.25) is 0 Å². The SMILES string of the molecule is CC1CCN(c2ccc(CNC(=O)NCC(C)(C)CCO)cn2)CC1. The molecule has 1 saturated heterocycles. The Morgan fingerprint density at radius 2 is 2.04 bits per heavy atom. The minimum atomic E-state index is -0.194. The van der Waals surface area contributed by atoms with Gasteiger partial charge in [0.25, 0.3) is 0 Å². The lowest BCUT2D eigenvalue weighted by molar-refractivity contribution is 0.201. The number of amides is 2. The predicted molar refractivity (Wildman–Crippen MR) is 101 cm³/mol. The number of carbonyl (C=O) groups is 1. The fraction of sp³-hybridized carbons (Fsp3) is 0.684. The minimum absolute atomic E-state index is 0.110. The molecular weight excluding hydrogens is 316 g/mol. The van der Waals surface area contributed by atoms with Crippen molar-refractivity contribution < 1.29 is 9.90 Å². The van der Waals surface area contributed by atoms with E-state index in [1.165, 1.54) is 12.8 Å². The van der Waals surface area contributed by atoms with Crippen LogP contribution in [0.3, 0.4) is 0 Å². The number of carbonyl (C=O) groups excluding carboxylic acids is 1. The summed E-state index contributed by atoms with van der Waals surface area (Å²) >= 11 is 0. The van der Waals surface area contributed by atoms with Crippen molar-refractivity contribution in [2.45, 2.75) is 46.6 Å². The number of rotatable bonds is 7. The average Bonchev–Trinajstić information content (AvgIpc) is 2.59. The fourth-order valence-corrected chi connectivity index (χ4v) is 2.90. The molecule has 2 rings (SSSR count). The standard InChI is InChI=1S/C19H32N4O2/c1-15-6-9-23(10-7-15)17-5-4-16(12-20-17)13-21-18(25)22-14-19(2,3)8-11-24/h4-5,12,15,24H,6-11,13-14H2,1-3H3,(H2,21,22,25). The van der Waals surface area contributed by atoms with Crippen LogP contribution in [0.5, 0.6) is 0 Å². The molecule has 25 heavy (non-hydrogen) atoms. The number of aromatic nitrogens is 1. The lowest BCUT2D eigenvalue weighted by Gasteiger charge is -2.31. The van der Waals surface area contributed by atoms with Gasteiger partial charge in [-0.05, 0) is 42.2 Å². The first kappa shape index (κ1) is 19.5. The third kappa shape index (κ3) is 6.53. The Hall–Kier alpha value is -1.82. The number of piperidine rings is 1. The van der Waals surface area contributed by atoms with Crippen LogP contribution in [0.1, 0.15) is 45.6 Å². The van der Waals surface area contributed by atoms with Gasteiger partial charge in [-0.2, -0.15) is 0 Å². The Labute approximate surface area is 151 Å². The van der Waals surface area contributed by atoms with Gasteiger partial charge in [-0.3, -0.25) is 0 Å². The maximum absolute atomic E-state index is 11.9. The number of aliphatic hydroxyl groups excluding tert-OH is 1. The van der Waals surface area contributed by atoms with E-state index in [2.05, 4.69) is 27.4 Å². The summed E-state index contributed by atoms with van der Waals surface area (Å²) in [6, 6.07) is 3.87. The normalized spacial score (nSPS) is 15.9. The number of hydrogen-bond donors (Lipinski definition) is 3. The van der Waals surface area contributed by atoms with Gasteiger partial charge in [-0.25, -0.2) is 9.78 Å². The van der Waals surface area contributed by atoms with Crippen molar-refractivity contribution in [2.24, 2.45) is 11.3 Å². The first-order valence-electron chi connectivity index (χ1n) is 9.22. The first-order valence-corrected chi connectivity index (χ1v) is 9.22. The number of pyridine rings is 1. The number of hydrogen-bond acceptors (Lipinski definition) is 4. The summed E-state index contributed by atoms with van der Waals surface area (Å²) in [6.07, 6.45) is 4.94. The Bertz CT molecular complexity index is 537. The second-order valence-corrected chi connectivity index (χ2v) is 7.87. The van der Waals surface area contributed by atoms with E-state index in [0.717, 1.165) is 30.4 Å². The van der Waals surface area contributed by atoms with E-state index in [1.54, 1.807) is 0 Å². The van der Waals surface area contributed by atoms with Crippen LogP contribution in [0, 0.1) is 11.3 Å². The molecule has 0 spiro atoms. The van der Waals surface area contributed by atoms with Crippen LogP contribution in [-0.2, 0) is 6.54 Å². The van der Waals surface area contributed by atoms with Gasteiger partial charge in [-0.15, -0.1) is 0 Å². The molecule has 6 nitrogen and oxygen atoms in total. The third-order valence-electron chi connectivity index (χ3n) is 4.89. The zero-order chi connectivity index (χ0) is 18.3. The van der Waals surface area contributed by atoms with Crippen LogP contribution in [0.25, 0.3) is 0 Å². The van der Waals surface area contributed by atoms with Crippen molar-refractivity contribution >= 4 is 11.8 Å². The quantitative estimate of drug-likeness (QED) is 0.708. The third-order valence-corrected chi connectivity index (χ3v) is 4.89. The Kier molecular flexibility index (Phi) is 7.05. The molecule has 2 heterocycles. The largest absolute Gasteiger partial charge is 0.396 e. The van der Waals surface area contributed by atoms with E-state index in [0.29, 0.717) is 19.5 Å². The molecule has 0 unspecified atom stereocenters. The first-order chi connectivity index (χ1) is 11.9. The van der Waals surface area contributed by atoms with Crippen molar-refractivity contribution in [3.8, 4) is 0 Å². The molecule has 0 bridgehead atoms. The van der Waals surface area contributed by atoms with Gasteiger partial charge < -0.3 is 20.6 Å². The number of nitrogens with one attached hydrogen (secondary N) is 2. The summed E-state index contributed by atoms with van der Waals surface area (Å²) in [6.45, 7) is 9.59. The molecule has 2 amide bonds. The molecule has 0 atom stereocenters. The summed E-state index contributed by atoms with van der Waals surface area (Å²) in [5.74, 6) is 1.83. The molecule has 1 aliphatic rings. The van der Waals surface area contributed by atoms with Crippen molar-refractivity contribution in [3.05, 3.63) is 23.9 Å². The van der Waals surface area contributed by atoms with Crippen LogP contribution in [0.15, 0.2) is 18.3 Å². The zero-order valence-electron chi connectivity index (χ0n) is 15.7. The molecular formula is C19H32N4O2. The monoisotopic (exact) mass is 348 g/mol. The summed E-state index contributed by atoms with van der Waals surface area (Å²) in [5.41, 5.74) is 0.875. The molecule has 1 fully saturated rings. The van der Waals surface area contributed by atoms with Gasteiger partial charge in [0.1, 0.15) is 5.82 Å². The summed E-state index contributed by atoms with van der Waals surface area (Å²) < 4.78 is 0. The number of nitrogens with zero attached hydrogens (tertiary/aromatic N) is 2. The number of aliphatic hydroxyl groups is 1. The molecule has 3 N–H and O–H groups in total. The topological polar surface area (TPSA) is 77.5 Å². The van der Waals surface area contributed by atoms with Gasteiger partial charge >= 0.3 is 6.03 Å². The highest BCUT2D eigenvalue weighted by Gasteiger charge is 2.18. The smallest absolute Gasteiger partial charge is 0.315 e. The molecule has 0 radical (unpaired) electrons. The summed E-state index contributed by atoms with van der Waals surface area (Å²) in [4.78, 5) is 18.8. The second kappa shape index (κ2) is 9.04. The van der Waals surface area contributed by atoms with Crippen molar-refractivity contribution in [1.82, 2.24) is 15.6 Å². The Balaban J connectivity index is 1.75. The average molecular weight is 348 g/mol. The lowest BCUT2D eigenvalue weighted by atomic mass is 9.90. The van der Waals surface area contributed by atoms with E-state index < -0.39 is 0 Å². The molecule has 1 aliphatic heterocycles. The Morgan fingerprint density at radius 1 is 1.32 bits per heavy atom. The van der Waals surface area contributed by atoms with E-state index >= 15 is 0 Å². The number of urea groups is 1. The lowest BCUT2D eigenvalue weighted by Crippen LogP contribution is -2.40. The highest BCUT2D eigenvalue weighted by atomic mass is 16.3. The highest BCUT2D eigenvalue weighted by Crippen LogP contribution is 2.21. The fourth-order valence-electron chi connectivity index (χ4n) is 2.90. The van der Waals surface area contributed by atoms with Gasteiger partial charge in [-0.1, -0.05) is 26.8 Å². The van der Waals surface area contributed by atoms with Crippen molar-refractivity contribution in [3.63, 3.8) is 0 Å². The minimum Gasteiger partial charge on any atom is -0.396 e. The van der Waals surface area contributed by atoms with E-state index in [1.807, 2.05) is 32.2 Å². The van der Waals surface area contributed by atoms with Gasteiger partial charge in [0, 0.05) is 39.0 Å². The molecule has 0 aromatic carbocycles. The number of anilines is 1. The molecule has 140 valence electrons. The summed E-state index contributed by atoms with van der Waals surface area (Å²) in [5, 5.41) is 14.7. The van der Waals surface area contributed by atoms with Gasteiger partial charge in [0.05, 0.1) is 0 Å². The summed E-state index contributed by atoms with van der Waals surface area (Å²) in [7, 11) is 0. The van der Waals surface area contributed by atoms with E-state index in [4.69, 9.17) is 5.11 Å². The molecule has 6 heteroatoms. The van der Waals surface area contributed by atoms with Crippen molar-refractivity contribution in [1.29, 1.82) is 0 Å². The van der Waals surface area contributed by atoms with Gasteiger partial charge in [0.15, 0.2) is 0 Å². The van der Waals surface area contributed by atoms with Crippen LogP contribution in [0.4, 0.5) is 10.6 Å². The van der Waals surface area contributed by atoms with E-state index in [-0.39, 0.29) is 18.1 Å². The van der Waals surface area contributed by atoms with Crippen LogP contribution < -0.4 is 15.5 Å². The molecule has 1 aromatic heterocycles. The Morgan fingerprint density at radius 3 is 2.64 bits per heavy atom. The van der Waals surface area contributed by atoms with Gasteiger partial charge in [0.2, 0.25) is 0 Å². The molecule has 0 saturated carbocycles. The maximum Gasteiger partial charge on any atom is 0.315 e.